The molecule has 3 rings (SSSR count). The number of rotatable bonds is 3. The molecule has 0 saturated carbocycles. The molecule has 27 heavy (non-hydrogen) atoms. The van der Waals surface area contributed by atoms with Crippen molar-refractivity contribution in [3.63, 3.8) is 0 Å². The van der Waals surface area contributed by atoms with E-state index in [1.54, 1.807) is 0 Å². The van der Waals surface area contributed by atoms with Gasteiger partial charge in [-0.25, -0.2) is 0 Å². The Morgan fingerprint density at radius 1 is 0.630 bits per heavy atom. The molecule has 0 aliphatic carbocycles. The highest BCUT2D eigenvalue weighted by Gasteiger charge is 2.39. The van der Waals surface area contributed by atoms with Gasteiger partial charge < -0.3 is 5.32 Å². The number of benzene rings is 2. The van der Waals surface area contributed by atoms with Gasteiger partial charge in [-0.2, -0.15) is 0 Å². The topological polar surface area (TPSA) is 12.0 Å². The fraction of sp³-hybridized carbons (Fsp3) is 0.538. The summed E-state index contributed by atoms with van der Waals surface area (Å²) in [5.74, 6) is 0. The molecule has 1 nitrogen and oxygen atoms in total. The van der Waals surface area contributed by atoms with Crippen LogP contribution >= 0.6 is 0 Å². The van der Waals surface area contributed by atoms with Crippen molar-refractivity contribution >= 4 is 0 Å². The van der Waals surface area contributed by atoms with Gasteiger partial charge in [0.25, 0.3) is 0 Å². The molecule has 1 fully saturated rings. The molecule has 0 aromatic heterocycles. The van der Waals surface area contributed by atoms with Crippen molar-refractivity contribution < 1.29 is 0 Å². The van der Waals surface area contributed by atoms with Crippen LogP contribution in [0.15, 0.2) is 48.5 Å². The fourth-order valence-electron chi connectivity index (χ4n) is 4.38. The summed E-state index contributed by atoms with van der Waals surface area (Å²) in [5.41, 5.74) is 6.00. The van der Waals surface area contributed by atoms with E-state index in [1.165, 1.54) is 35.1 Å². The third kappa shape index (κ3) is 3.99. The van der Waals surface area contributed by atoms with Gasteiger partial charge in [0, 0.05) is 11.5 Å². The highest BCUT2D eigenvalue weighted by Crippen LogP contribution is 2.40. The number of hydrogen-bond acceptors (Lipinski definition) is 1. The quantitative estimate of drug-likeness (QED) is 0.671. The Bertz CT molecular complexity index is 690. The first-order chi connectivity index (χ1) is 12.5. The average Bonchev–Trinajstić information content (AvgIpc) is 3.15. The molecule has 0 amide bonds. The summed E-state index contributed by atoms with van der Waals surface area (Å²) in [5, 5.41) is 3.78. The Labute approximate surface area is 166 Å². The van der Waals surface area contributed by atoms with Gasteiger partial charge >= 0.3 is 0 Å². The minimum Gasteiger partial charge on any atom is -0.313 e. The summed E-state index contributed by atoms with van der Waals surface area (Å²) in [6.45, 7) is 17.2. The van der Waals surface area contributed by atoms with Crippen LogP contribution in [0, 0.1) is 0 Å². The zero-order chi connectivity index (χ0) is 19.9. The summed E-state index contributed by atoms with van der Waals surface area (Å²) in [6.07, 6.45) is 2.50. The van der Waals surface area contributed by atoms with Crippen LogP contribution in [0.25, 0.3) is 0 Å². The van der Waals surface area contributed by atoms with Gasteiger partial charge in [-0.15, -0.1) is 0 Å². The minimum atomic E-state index is -0.0106. The molecule has 1 N–H and O–H groups in total. The highest BCUT2D eigenvalue weighted by atomic mass is 15.0. The molecule has 1 unspecified atom stereocenters. The fourth-order valence-corrected chi connectivity index (χ4v) is 4.38. The second-order valence-electron chi connectivity index (χ2n) is 10.5. The van der Waals surface area contributed by atoms with Crippen molar-refractivity contribution in [2.24, 2.45) is 0 Å². The van der Waals surface area contributed by atoms with Crippen LogP contribution in [0.2, 0.25) is 0 Å². The van der Waals surface area contributed by atoms with Gasteiger partial charge in [0.1, 0.15) is 0 Å². The molecule has 0 radical (unpaired) electrons. The van der Waals surface area contributed by atoms with Gasteiger partial charge in [-0.05, 0) is 59.4 Å². The molecular formula is C26H37N. The molecule has 1 atom stereocenters. The normalized spacial score (nSPS) is 18.7. The van der Waals surface area contributed by atoms with Crippen molar-refractivity contribution in [3.8, 4) is 0 Å². The molecule has 1 heteroatoms. The lowest BCUT2D eigenvalue weighted by Crippen LogP contribution is -2.44. The first-order valence-electron chi connectivity index (χ1n) is 10.5. The molecule has 146 valence electrons. The predicted octanol–water partition coefficient (Wildman–Crippen LogP) is 6.34. The summed E-state index contributed by atoms with van der Waals surface area (Å²) in [4.78, 5) is 0. The Kier molecular flexibility index (Phi) is 5.29. The lowest BCUT2D eigenvalue weighted by atomic mass is 9.69. The Morgan fingerprint density at radius 2 is 1.00 bits per heavy atom. The van der Waals surface area contributed by atoms with E-state index in [-0.39, 0.29) is 16.2 Å². The van der Waals surface area contributed by atoms with Gasteiger partial charge in [-0.3, -0.25) is 0 Å². The molecule has 1 heterocycles. The van der Waals surface area contributed by atoms with Crippen LogP contribution in [-0.2, 0) is 16.2 Å². The Morgan fingerprint density at radius 3 is 1.30 bits per heavy atom. The van der Waals surface area contributed by atoms with E-state index in [0.717, 1.165) is 6.54 Å². The lowest BCUT2D eigenvalue weighted by Gasteiger charge is -2.38. The van der Waals surface area contributed by atoms with Crippen molar-refractivity contribution in [1.29, 1.82) is 0 Å². The maximum Gasteiger partial charge on any atom is 0.0327 e. The first kappa shape index (κ1) is 20.1. The Hall–Kier alpha value is -1.60. The lowest BCUT2D eigenvalue weighted by molar-refractivity contribution is 0.406. The predicted molar refractivity (Wildman–Crippen MR) is 118 cm³/mol. The third-order valence-corrected chi connectivity index (χ3v) is 6.46. The molecular weight excluding hydrogens is 326 g/mol. The van der Waals surface area contributed by atoms with E-state index in [1.807, 2.05) is 0 Å². The van der Waals surface area contributed by atoms with Crippen LogP contribution in [0.5, 0.6) is 0 Å². The van der Waals surface area contributed by atoms with E-state index in [9.17, 15) is 0 Å². The molecule has 1 aliphatic rings. The largest absolute Gasteiger partial charge is 0.313 e. The second-order valence-corrected chi connectivity index (χ2v) is 10.5. The Balaban J connectivity index is 2.05. The molecule has 2 aromatic rings. The van der Waals surface area contributed by atoms with E-state index < -0.39 is 0 Å². The summed E-state index contributed by atoms with van der Waals surface area (Å²) in [7, 11) is 0. The summed E-state index contributed by atoms with van der Waals surface area (Å²) >= 11 is 0. The molecule has 0 spiro atoms. The van der Waals surface area contributed by atoms with Crippen LogP contribution in [-0.4, -0.2) is 12.6 Å². The van der Waals surface area contributed by atoms with Crippen molar-refractivity contribution in [3.05, 3.63) is 70.8 Å². The zero-order valence-electron chi connectivity index (χ0n) is 18.3. The highest BCUT2D eigenvalue weighted by molar-refractivity contribution is 5.44. The van der Waals surface area contributed by atoms with Gasteiger partial charge in [-0.1, -0.05) is 90.1 Å². The second kappa shape index (κ2) is 7.09. The van der Waals surface area contributed by atoms with Gasteiger partial charge in [0.2, 0.25) is 0 Å². The van der Waals surface area contributed by atoms with E-state index in [4.69, 9.17) is 0 Å². The minimum absolute atomic E-state index is 0.0106. The summed E-state index contributed by atoms with van der Waals surface area (Å²) in [6, 6.07) is 19.2. The van der Waals surface area contributed by atoms with E-state index >= 15 is 0 Å². The van der Waals surface area contributed by atoms with Crippen molar-refractivity contribution in [2.75, 3.05) is 6.54 Å². The van der Waals surface area contributed by atoms with Crippen molar-refractivity contribution in [1.82, 2.24) is 5.32 Å². The van der Waals surface area contributed by atoms with Gasteiger partial charge in [0.15, 0.2) is 0 Å². The van der Waals surface area contributed by atoms with Gasteiger partial charge in [0.05, 0.1) is 0 Å². The maximum absolute atomic E-state index is 3.78. The van der Waals surface area contributed by atoms with Crippen LogP contribution in [0.1, 0.15) is 83.6 Å². The molecule has 1 saturated heterocycles. The maximum atomic E-state index is 3.78. The van der Waals surface area contributed by atoms with Crippen LogP contribution in [0.3, 0.4) is 0 Å². The SMILES string of the molecule is CC(C)(C)c1ccc(C(C)(c2ccc(C(C)(C)C)cc2)C2CCCN2)cc1. The monoisotopic (exact) mass is 363 g/mol. The van der Waals surface area contributed by atoms with E-state index in [2.05, 4.69) is 102 Å². The average molecular weight is 364 g/mol. The van der Waals surface area contributed by atoms with Crippen LogP contribution < -0.4 is 5.32 Å². The van der Waals surface area contributed by atoms with Crippen molar-refractivity contribution in [2.45, 2.75) is 83.6 Å². The molecule has 2 aromatic carbocycles. The van der Waals surface area contributed by atoms with Crippen LogP contribution in [0.4, 0.5) is 0 Å². The van der Waals surface area contributed by atoms with E-state index in [0.29, 0.717) is 6.04 Å². The number of hydrogen-bond donors (Lipinski definition) is 1. The zero-order valence-corrected chi connectivity index (χ0v) is 18.3. The molecule has 1 aliphatic heterocycles. The summed E-state index contributed by atoms with van der Waals surface area (Å²) < 4.78 is 0. The standard InChI is InChI=1S/C26H37N/c1-24(2,3)19-10-14-21(15-11-19)26(7,23-9-8-18-27-23)22-16-12-20(13-17-22)25(4,5)6/h10-17,23,27H,8-9,18H2,1-7H3. The third-order valence-electron chi connectivity index (χ3n) is 6.46. The number of nitrogens with one attached hydrogen (secondary N) is 1. The molecule has 0 bridgehead atoms. The smallest absolute Gasteiger partial charge is 0.0327 e. The first-order valence-corrected chi connectivity index (χ1v) is 10.5.